The number of phosphoric ester groups is 2. The van der Waals surface area contributed by atoms with Crippen molar-refractivity contribution < 1.29 is 80.2 Å². The Morgan fingerprint density at radius 3 is 0.740 bits per heavy atom. The smallest absolute Gasteiger partial charge is 0.462 e. The van der Waals surface area contributed by atoms with Gasteiger partial charge < -0.3 is 33.8 Å². The molecule has 0 aromatic rings. The molecule has 17 nitrogen and oxygen atoms in total. The summed E-state index contributed by atoms with van der Waals surface area (Å²) >= 11 is 0. The molecule has 3 N–H and O–H groups in total. The normalized spacial score (nSPS) is 14.6. The molecule has 0 fully saturated rings. The summed E-state index contributed by atoms with van der Waals surface area (Å²) in [6, 6.07) is 0. The van der Waals surface area contributed by atoms with Gasteiger partial charge in [-0.3, -0.25) is 37.3 Å². The number of esters is 4. The minimum absolute atomic E-state index is 0.107. The first kappa shape index (κ1) is 94.1. The highest BCUT2D eigenvalue weighted by Crippen LogP contribution is 2.45. The molecule has 0 aliphatic heterocycles. The number of aliphatic hydroxyl groups is 1. The maximum atomic E-state index is 13.1. The Morgan fingerprint density at radius 1 is 0.292 bits per heavy atom. The maximum Gasteiger partial charge on any atom is 0.472 e. The summed E-state index contributed by atoms with van der Waals surface area (Å²) in [6.45, 7) is 9.67. The largest absolute Gasteiger partial charge is 0.472 e. The third kappa shape index (κ3) is 67.9. The molecular weight excluding hydrogens is 1260 g/mol. The van der Waals surface area contributed by atoms with Crippen LogP contribution in [0.1, 0.15) is 401 Å². The quantitative estimate of drug-likeness (QED) is 0.0222. The number of hydrogen-bond acceptors (Lipinski definition) is 15. The van der Waals surface area contributed by atoms with Crippen LogP contribution in [-0.2, 0) is 65.4 Å². The van der Waals surface area contributed by atoms with Gasteiger partial charge in [-0.25, -0.2) is 9.13 Å². The molecule has 19 heteroatoms. The average molecular weight is 1410 g/mol. The Balaban J connectivity index is 5.17. The topological polar surface area (TPSA) is 237 Å². The van der Waals surface area contributed by atoms with E-state index in [2.05, 4.69) is 41.5 Å². The molecule has 0 aliphatic carbocycles. The van der Waals surface area contributed by atoms with Gasteiger partial charge in [-0.15, -0.1) is 0 Å². The maximum absolute atomic E-state index is 13.1. The van der Waals surface area contributed by atoms with E-state index < -0.39 is 97.5 Å². The van der Waals surface area contributed by atoms with Gasteiger partial charge in [0, 0.05) is 25.7 Å². The molecule has 0 rings (SSSR count). The molecule has 0 spiro atoms. The summed E-state index contributed by atoms with van der Waals surface area (Å²) < 4.78 is 68.5. The van der Waals surface area contributed by atoms with Gasteiger partial charge in [-0.1, -0.05) is 350 Å². The number of rotatable bonds is 76. The van der Waals surface area contributed by atoms with Crippen LogP contribution in [0.15, 0.2) is 0 Å². The number of hydrogen-bond donors (Lipinski definition) is 3. The fourth-order valence-electron chi connectivity index (χ4n) is 11.8. The van der Waals surface area contributed by atoms with Crippen LogP contribution in [0, 0.1) is 11.8 Å². The zero-order valence-corrected chi connectivity index (χ0v) is 64.5. The minimum atomic E-state index is -4.96. The van der Waals surface area contributed by atoms with E-state index in [9.17, 15) is 43.2 Å². The van der Waals surface area contributed by atoms with Crippen molar-refractivity contribution in [1.29, 1.82) is 0 Å². The molecule has 96 heavy (non-hydrogen) atoms. The van der Waals surface area contributed by atoms with E-state index >= 15 is 0 Å². The van der Waals surface area contributed by atoms with E-state index in [1.165, 1.54) is 212 Å². The lowest BCUT2D eigenvalue weighted by Crippen LogP contribution is -2.30. The van der Waals surface area contributed by atoms with E-state index in [1.54, 1.807) is 0 Å². The zero-order valence-electron chi connectivity index (χ0n) is 62.7. The van der Waals surface area contributed by atoms with E-state index in [0.717, 1.165) is 108 Å². The Kier molecular flexibility index (Phi) is 67.4. The molecule has 0 aromatic heterocycles. The highest BCUT2D eigenvalue weighted by Gasteiger charge is 2.30. The molecule has 0 bridgehead atoms. The fourth-order valence-corrected chi connectivity index (χ4v) is 13.3. The number of unbranched alkanes of at least 4 members (excludes halogenated alkanes) is 44. The van der Waals surface area contributed by atoms with Crippen LogP contribution >= 0.6 is 15.6 Å². The summed E-state index contributed by atoms with van der Waals surface area (Å²) in [7, 11) is -9.91. The van der Waals surface area contributed by atoms with Crippen LogP contribution in [0.3, 0.4) is 0 Å². The van der Waals surface area contributed by atoms with Crippen molar-refractivity contribution in [1.82, 2.24) is 0 Å². The second kappa shape index (κ2) is 68.8. The van der Waals surface area contributed by atoms with Gasteiger partial charge >= 0.3 is 39.5 Å². The average Bonchev–Trinajstić information content (AvgIpc) is 1.14. The number of phosphoric acid groups is 2. The lowest BCUT2D eigenvalue weighted by Gasteiger charge is -2.21. The van der Waals surface area contributed by atoms with E-state index in [1.807, 2.05) is 0 Å². The summed E-state index contributed by atoms with van der Waals surface area (Å²) in [5.74, 6) is -0.436. The van der Waals surface area contributed by atoms with Gasteiger partial charge in [0.2, 0.25) is 0 Å². The summed E-state index contributed by atoms with van der Waals surface area (Å²) in [4.78, 5) is 72.7. The highest BCUT2D eigenvalue weighted by molar-refractivity contribution is 7.47. The van der Waals surface area contributed by atoms with Gasteiger partial charge in [-0.05, 0) is 37.5 Å². The third-order valence-corrected chi connectivity index (χ3v) is 20.6. The van der Waals surface area contributed by atoms with E-state index in [-0.39, 0.29) is 25.7 Å². The van der Waals surface area contributed by atoms with Crippen molar-refractivity contribution in [3.63, 3.8) is 0 Å². The van der Waals surface area contributed by atoms with Crippen LogP contribution in [0.5, 0.6) is 0 Å². The fraction of sp³-hybridized carbons (Fsp3) is 0.948. The number of ether oxygens (including phenoxy) is 4. The molecule has 570 valence electrons. The molecule has 0 amide bonds. The molecule has 0 aliphatic rings. The molecule has 7 atom stereocenters. The SMILES string of the molecule is CCCCCCCCCCCCCCC(=O)O[C@H](COC(=O)CCCCCCCCCC)COP(=O)(O)OC[C@H](O)COP(=O)(O)OC[C@@H](COC(=O)CCCCCCCCCCCCC(C)CC)OC(=O)CCCCCCCCCCCCCCCCCCCCC(C)CC. The third-order valence-electron chi connectivity index (χ3n) is 18.7. The number of carbonyl (C=O) groups excluding carboxylic acids is 4. The van der Waals surface area contributed by atoms with Crippen LogP contribution < -0.4 is 0 Å². The summed E-state index contributed by atoms with van der Waals surface area (Å²) in [6.07, 6.45) is 56.8. The molecule has 0 heterocycles. The second-order valence-electron chi connectivity index (χ2n) is 28.2. The van der Waals surface area contributed by atoms with Gasteiger partial charge in [0.15, 0.2) is 12.2 Å². The molecular formula is C77H150O17P2. The van der Waals surface area contributed by atoms with E-state index in [4.69, 9.17) is 37.0 Å². The molecule has 0 radical (unpaired) electrons. The Bertz CT molecular complexity index is 1860. The van der Waals surface area contributed by atoms with E-state index in [0.29, 0.717) is 25.7 Å². The molecule has 4 unspecified atom stereocenters. The molecule has 0 aromatic carbocycles. The first-order valence-electron chi connectivity index (χ1n) is 40.1. The Labute approximate surface area is 588 Å². The van der Waals surface area contributed by atoms with Gasteiger partial charge in [0.05, 0.1) is 26.4 Å². The van der Waals surface area contributed by atoms with Crippen LogP contribution in [0.25, 0.3) is 0 Å². The second-order valence-corrected chi connectivity index (χ2v) is 31.1. The first-order valence-corrected chi connectivity index (χ1v) is 43.1. The summed E-state index contributed by atoms with van der Waals surface area (Å²) in [5.41, 5.74) is 0. The van der Waals surface area contributed by atoms with Crippen LogP contribution in [0.4, 0.5) is 0 Å². The lowest BCUT2D eigenvalue weighted by molar-refractivity contribution is -0.161. The molecule has 0 saturated carbocycles. The van der Waals surface area contributed by atoms with Gasteiger partial charge in [0.1, 0.15) is 19.3 Å². The van der Waals surface area contributed by atoms with Crippen LogP contribution in [-0.4, -0.2) is 96.7 Å². The molecule has 0 saturated heterocycles. The summed E-state index contributed by atoms with van der Waals surface area (Å²) in [5, 5.41) is 10.6. The standard InChI is InChI=1S/C77H150O17P2/c1-7-11-13-15-17-19-20-30-37-43-49-55-61-76(81)93-72(65-87-74(79)59-53-47-41-18-16-14-12-8-2)67-91-95(83,84)89-63-71(78)64-90-96(85,86)92-68-73(66-88-75(80)60-54-48-42-36-33-32-35-40-46-52-58-70(6)10-4)94-77(82)62-56-50-44-38-31-28-26-24-22-21-23-25-27-29-34-39-45-51-57-69(5)9-3/h69-73,78H,7-68H2,1-6H3,(H,83,84)(H,85,86)/t69?,70?,71-,72+,73+/m0/s1. The van der Waals surface area contributed by atoms with Crippen molar-refractivity contribution in [2.24, 2.45) is 11.8 Å². The lowest BCUT2D eigenvalue weighted by atomic mass is 9.99. The predicted molar refractivity (Wildman–Crippen MR) is 391 cm³/mol. The Morgan fingerprint density at radius 2 is 0.500 bits per heavy atom. The minimum Gasteiger partial charge on any atom is -0.462 e. The zero-order chi connectivity index (χ0) is 70.7. The monoisotopic (exact) mass is 1410 g/mol. The Hall–Kier alpha value is -1.94. The highest BCUT2D eigenvalue weighted by atomic mass is 31.2. The van der Waals surface area contributed by atoms with Crippen LogP contribution in [0.2, 0.25) is 0 Å². The van der Waals surface area contributed by atoms with Crippen molar-refractivity contribution >= 4 is 39.5 Å². The van der Waals surface area contributed by atoms with Crippen molar-refractivity contribution in [3.05, 3.63) is 0 Å². The predicted octanol–water partition coefficient (Wildman–Crippen LogP) is 22.7. The number of carbonyl (C=O) groups is 4. The number of aliphatic hydroxyl groups excluding tert-OH is 1. The van der Waals surface area contributed by atoms with Crippen molar-refractivity contribution in [3.8, 4) is 0 Å². The van der Waals surface area contributed by atoms with Crippen molar-refractivity contribution in [2.45, 2.75) is 419 Å². The van der Waals surface area contributed by atoms with Gasteiger partial charge in [0.25, 0.3) is 0 Å². The first-order chi connectivity index (χ1) is 46.4. The van der Waals surface area contributed by atoms with Crippen molar-refractivity contribution in [2.75, 3.05) is 39.6 Å². The van der Waals surface area contributed by atoms with Gasteiger partial charge in [-0.2, -0.15) is 0 Å².